The van der Waals surface area contributed by atoms with Crippen molar-refractivity contribution in [1.82, 2.24) is 0 Å². The third kappa shape index (κ3) is 6.19. The van der Waals surface area contributed by atoms with Crippen LogP contribution in [0.5, 0.6) is 0 Å². The maximum absolute atomic E-state index is 11.1. The van der Waals surface area contributed by atoms with Gasteiger partial charge in [-0.05, 0) is 61.9 Å². The number of unbranched alkanes of at least 4 members (excludes halogenated alkanes) is 4. The van der Waals surface area contributed by atoms with Crippen molar-refractivity contribution in [2.24, 2.45) is 0 Å². The molecule has 0 aliphatic rings. The minimum absolute atomic E-state index is 0.805. The van der Waals surface area contributed by atoms with Gasteiger partial charge >= 0.3 is 0 Å². The van der Waals surface area contributed by atoms with E-state index in [1.807, 2.05) is 25.1 Å². The van der Waals surface area contributed by atoms with E-state index in [0.717, 1.165) is 41.7 Å². The second-order valence-electron chi connectivity index (χ2n) is 6.21. The molecule has 0 atom stereocenters. The first-order valence-electron chi connectivity index (χ1n) is 8.48. The van der Waals surface area contributed by atoms with E-state index in [9.17, 15) is 4.79 Å². The van der Waals surface area contributed by atoms with E-state index in [0.29, 0.717) is 0 Å². The maximum atomic E-state index is 11.1. The molecule has 0 spiro atoms. The van der Waals surface area contributed by atoms with Crippen LogP contribution in [-0.2, 0) is 12.8 Å². The molecule has 2 aromatic carbocycles. The highest BCUT2D eigenvalue weighted by Crippen LogP contribution is 2.16. The summed E-state index contributed by atoms with van der Waals surface area (Å²) in [6.45, 7) is 2.03. The Hall–Kier alpha value is -1.60. The predicted molar refractivity (Wildman–Crippen MR) is 98.5 cm³/mol. The molecule has 2 rings (SSSR count). The van der Waals surface area contributed by atoms with Gasteiger partial charge in [0.2, 0.25) is 0 Å². The molecular weight excluding hydrogens is 304 g/mol. The summed E-state index contributed by atoms with van der Waals surface area (Å²) in [6.07, 6.45) is 9.25. The summed E-state index contributed by atoms with van der Waals surface area (Å²) < 4.78 is 0. The topological polar surface area (TPSA) is 17.1 Å². The van der Waals surface area contributed by atoms with Crippen molar-refractivity contribution >= 4 is 17.9 Å². The molecule has 0 heterocycles. The molecule has 0 radical (unpaired) electrons. The van der Waals surface area contributed by atoms with E-state index in [2.05, 4.69) is 24.3 Å². The number of carbonyl (C=O) groups is 1. The zero-order valence-corrected chi connectivity index (χ0v) is 14.6. The quantitative estimate of drug-likeness (QED) is 0.396. The van der Waals surface area contributed by atoms with Crippen LogP contribution in [0.15, 0.2) is 42.5 Å². The highest BCUT2D eigenvalue weighted by Gasteiger charge is 2.02. The molecule has 2 aromatic rings. The maximum Gasteiger partial charge on any atom is 0.150 e. The summed E-state index contributed by atoms with van der Waals surface area (Å²) in [4.78, 5) is 11.1. The third-order valence-corrected chi connectivity index (χ3v) is 4.51. The van der Waals surface area contributed by atoms with Crippen molar-refractivity contribution in [3.8, 4) is 0 Å². The molecule has 0 saturated carbocycles. The van der Waals surface area contributed by atoms with Gasteiger partial charge in [0.15, 0.2) is 0 Å². The van der Waals surface area contributed by atoms with Crippen molar-refractivity contribution in [2.45, 2.75) is 51.9 Å². The lowest BCUT2D eigenvalue weighted by Gasteiger charge is -2.06. The number of benzene rings is 2. The molecule has 0 saturated heterocycles. The van der Waals surface area contributed by atoms with Gasteiger partial charge in [-0.1, -0.05) is 60.7 Å². The third-order valence-electron chi connectivity index (χ3n) is 4.25. The second kappa shape index (κ2) is 9.52. The van der Waals surface area contributed by atoms with Gasteiger partial charge in [0.25, 0.3) is 0 Å². The van der Waals surface area contributed by atoms with Gasteiger partial charge in [-0.2, -0.15) is 0 Å². The Labute approximate surface area is 144 Å². The van der Waals surface area contributed by atoms with Crippen LogP contribution in [0.2, 0.25) is 5.02 Å². The molecule has 0 amide bonds. The lowest BCUT2D eigenvalue weighted by Crippen LogP contribution is -1.94. The Morgan fingerprint density at radius 3 is 2.22 bits per heavy atom. The highest BCUT2D eigenvalue weighted by atomic mass is 35.5. The van der Waals surface area contributed by atoms with Gasteiger partial charge in [0.1, 0.15) is 6.29 Å². The number of rotatable bonds is 9. The Morgan fingerprint density at radius 2 is 1.52 bits per heavy atom. The van der Waals surface area contributed by atoms with Gasteiger partial charge in [-0.25, -0.2) is 0 Å². The van der Waals surface area contributed by atoms with E-state index in [-0.39, 0.29) is 0 Å². The van der Waals surface area contributed by atoms with E-state index in [1.54, 1.807) is 0 Å². The van der Waals surface area contributed by atoms with Crippen molar-refractivity contribution in [2.75, 3.05) is 0 Å². The summed E-state index contributed by atoms with van der Waals surface area (Å²) in [5, 5.41) is 0.805. The molecule has 1 nitrogen and oxygen atoms in total. The summed E-state index contributed by atoms with van der Waals surface area (Å²) in [5.41, 5.74) is 4.56. The summed E-state index contributed by atoms with van der Waals surface area (Å²) in [5.74, 6) is 0. The summed E-state index contributed by atoms with van der Waals surface area (Å²) >= 11 is 5.89. The molecular formula is C21H25ClO. The van der Waals surface area contributed by atoms with Crippen LogP contribution in [0.3, 0.4) is 0 Å². The number of aryl methyl sites for hydroxylation is 3. The number of aldehydes is 1. The van der Waals surface area contributed by atoms with Crippen LogP contribution >= 0.6 is 11.6 Å². The van der Waals surface area contributed by atoms with E-state index >= 15 is 0 Å². The average Bonchev–Trinajstić information content (AvgIpc) is 2.56. The minimum Gasteiger partial charge on any atom is -0.298 e. The van der Waals surface area contributed by atoms with Gasteiger partial charge in [0, 0.05) is 10.6 Å². The molecule has 0 fully saturated rings. The lowest BCUT2D eigenvalue weighted by atomic mass is 9.99. The van der Waals surface area contributed by atoms with Gasteiger partial charge < -0.3 is 0 Å². The Kier molecular flexibility index (Phi) is 7.35. The molecule has 0 aliphatic carbocycles. The fourth-order valence-electron chi connectivity index (χ4n) is 2.88. The second-order valence-corrected chi connectivity index (χ2v) is 6.65. The molecule has 0 aliphatic heterocycles. The Morgan fingerprint density at radius 1 is 0.870 bits per heavy atom. The smallest absolute Gasteiger partial charge is 0.150 e. The van der Waals surface area contributed by atoms with Gasteiger partial charge in [-0.15, -0.1) is 0 Å². The minimum atomic E-state index is 0.805. The number of carbonyl (C=O) groups excluding carboxylic acids is 1. The van der Waals surface area contributed by atoms with E-state index in [1.165, 1.54) is 36.8 Å². The predicted octanol–water partition coefficient (Wildman–Crippen LogP) is 6.20. The number of hydrogen-bond acceptors (Lipinski definition) is 1. The molecule has 23 heavy (non-hydrogen) atoms. The Balaban J connectivity index is 1.61. The van der Waals surface area contributed by atoms with Crippen LogP contribution < -0.4 is 0 Å². The zero-order chi connectivity index (χ0) is 16.5. The van der Waals surface area contributed by atoms with E-state index in [4.69, 9.17) is 11.6 Å². The Bertz CT molecular complexity index is 616. The van der Waals surface area contributed by atoms with Crippen molar-refractivity contribution in [3.05, 3.63) is 69.7 Å². The molecule has 0 N–H and O–H groups in total. The monoisotopic (exact) mass is 328 g/mol. The highest BCUT2D eigenvalue weighted by molar-refractivity contribution is 6.30. The normalized spacial score (nSPS) is 10.7. The first kappa shape index (κ1) is 17.7. The fourth-order valence-corrected chi connectivity index (χ4v) is 3.00. The molecule has 0 aromatic heterocycles. The zero-order valence-electron chi connectivity index (χ0n) is 13.9. The van der Waals surface area contributed by atoms with Crippen LogP contribution in [0, 0.1) is 6.92 Å². The van der Waals surface area contributed by atoms with Crippen LogP contribution in [-0.4, -0.2) is 6.29 Å². The molecule has 0 bridgehead atoms. The number of halogens is 1. The van der Waals surface area contributed by atoms with E-state index < -0.39 is 0 Å². The van der Waals surface area contributed by atoms with Crippen LogP contribution in [0.25, 0.3) is 0 Å². The standard InChI is InChI=1S/C21H25ClO/c1-17-9-12-19(20(15-17)16-23)8-6-4-2-3-5-7-18-10-13-21(22)14-11-18/h9-16H,2-8H2,1H3. The molecule has 0 unspecified atom stereocenters. The first-order chi connectivity index (χ1) is 11.2. The van der Waals surface area contributed by atoms with Crippen molar-refractivity contribution in [3.63, 3.8) is 0 Å². The van der Waals surface area contributed by atoms with Gasteiger partial charge in [0.05, 0.1) is 0 Å². The van der Waals surface area contributed by atoms with Crippen LogP contribution in [0.1, 0.15) is 59.2 Å². The summed E-state index contributed by atoms with van der Waals surface area (Å²) in [6, 6.07) is 14.3. The molecule has 122 valence electrons. The lowest BCUT2D eigenvalue weighted by molar-refractivity contribution is 0.112. The van der Waals surface area contributed by atoms with Crippen molar-refractivity contribution < 1.29 is 4.79 Å². The largest absolute Gasteiger partial charge is 0.298 e. The molecule has 2 heteroatoms. The van der Waals surface area contributed by atoms with Crippen LogP contribution in [0.4, 0.5) is 0 Å². The van der Waals surface area contributed by atoms with Gasteiger partial charge in [-0.3, -0.25) is 4.79 Å². The summed E-state index contributed by atoms with van der Waals surface area (Å²) in [7, 11) is 0. The van der Waals surface area contributed by atoms with Crippen molar-refractivity contribution in [1.29, 1.82) is 0 Å². The fraction of sp³-hybridized carbons (Fsp3) is 0.381. The average molecular weight is 329 g/mol. The number of hydrogen-bond donors (Lipinski definition) is 0. The SMILES string of the molecule is Cc1ccc(CCCCCCCc2ccc(Cl)cc2)c(C=O)c1. The first-order valence-corrected chi connectivity index (χ1v) is 8.86.